The van der Waals surface area contributed by atoms with Gasteiger partial charge in [0.2, 0.25) is 0 Å². The first-order chi connectivity index (χ1) is 16.3. The standard InChI is InChI=1S/C24H17Cl2FN4O3/c25-16-3-1-2-14(10-16)12-30-24(33)15-4-7-21(32)31(13-15)17-5-6-19(18(27)11-17)34-20-8-9-29-23(28)22(20)26/h1-11,13H,12H2,(H2,28,29)(H,30,33). The Bertz CT molecular complexity index is 1440. The normalized spacial score (nSPS) is 10.7. The van der Waals surface area contributed by atoms with E-state index in [0.717, 1.165) is 11.6 Å². The van der Waals surface area contributed by atoms with E-state index in [-0.39, 0.29) is 40.1 Å². The number of pyridine rings is 2. The zero-order chi connectivity index (χ0) is 24.2. The number of carbonyl (C=O) groups excluding carboxylic acids is 1. The summed E-state index contributed by atoms with van der Waals surface area (Å²) in [5.74, 6) is -1.09. The molecule has 0 unspecified atom stereocenters. The molecule has 34 heavy (non-hydrogen) atoms. The quantitative estimate of drug-likeness (QED) is 0.390. The van der Waals surface area contributed by atoms with Crippen molar-refractivity contribution >= 4 is 34.9 Å². The van der Waals surface area contributed by atoms with Crippen LogP contribution >= 0.6 is 23.2 Å². The Morgan fingerprint density at radius 2 is 1.91 bits per heavy atom. The SMILES string of the molecule is Nc1nccc(Oc2ccc(-n3cc(C(=O)NCc4cccc(Cl)c4)ccc3=O)cc2F)c1Cl. The number of aromatic nitrogens is 2. The highest BCUT2D eigenvalue weighted by molar-refractivity contribution is 6.34. The first kappa shape index (κ1) is 23.3. The molecule has 7 nitrogen and oxygen atoms in total. The summed E-state index contributed by atoms with van der Waals surface area (Å²) in [6.45, 7) is 0.251. The van der Waals surface area contributed by atoms with E-state index in [0.29, 0.717) is 5.02 Å². The van der Waals surface area contributed by atoms with E-state index < -0.39 is 17.3 Å². The van der Waals surface area contributed by atoms with E-state index in [2.05, 4.69) is 10.3 Å². The molecule has 1 amide bonds. The second-order valence-corrected chi connectivity index (χ2v) is 7.98. The molecule has 0 bridgehead atoms. The van der Waals surface area contributed by atoms with E-state index >= 15 is 0 Å². The fourth-order valence-corrected chi connectivity index (χ4v) is 3.48. The number of amides is 1. The summed E-state index contributed by atoms with van der Waals surface area (Å²) in [7, 11) is 0. The zero-order valence-corrected chi connectivity index (χ0v) is 19.0. The van der Waals surface area contributed by atoms with Gasteiger partial charge < -0.3 is 15.8 Å². The smallest absolute Gasteiger partial charge is 0.255 e. The third-order valence-corrected chi connectivity index (χ3v) is 5.42. The minimum atomic E-state index is -0.744. The zero-order valence-electron chi connectivity index (χ0n) is 17.5. The second-order valence-electron chi connectivity index (χ2n) is 7.16. The highest BCUT2D eigenvalue weighted by Gasteiger charge is 2.13. The molecule has 0 radical (unpaired) electrons. The summed E-state index contributed by atoms with van der Waals surface area (Å²) < 4.78 is 21.4. The molecule has 4 rings (SSSR count). The lowest BCUT2D eigenvalue weighted by atomic mass is 10.2. The van der Waals surface area contributed by atoms with Gasteiger partial charge in [0.05, 0.1) is 11.3 Å². The van der Waals surface area contributed by atoms with Gasteiger partial charge >= 0.3 is 0 Å². The molecule has 0 atom stereocenters. The number of anilines is 1. The van der Waals surface area contributed by atoms with Gasteiger partial charge in [-0.1, -0.05) is 35.3 Å². The van der Waals surface area contributed by atoms with Crippen molar-refractivity contribution in [2.24, 2.45) is 0 Å². The third-order valence-electron chi connectivity index (χ3n) is 4.81. The van der Waals surface area contributed by atoms with Gasteiger partial charge in [-0.2, -0.15) is 0 Å². The molecule has 2 heterocycles. The van der Waals surface area contributed by atoms with E-state index in [9.17, 15) is 14.0 Å². The van der Waals surface area contributed by atoms with Gasteiger partial charge in [0, 0.05) is 42.2 Å². The predicted molar refractivity (Wildman–Crippen MR) is 128 cm³/mol. The molecule has 0 aliphatic rings. The van der Waals surface area contributed by atoms with Crippen molar-refractivity contribution in [2.45, 2.75) is 6.54 Å². The van der Waals surface area contributed by atoms with Crippen LogP contribution in [0.4, 0.5) is 10.2 Å². The molecular weight excluding hydrogens is 482 g/mol. The lowest BCUT2D eigenvalue weighted by Crippen LogP contribution is -2.25. The van der Waals surface area contributed by atoms with Gasteiger partial charge in [0.15, 0.2) is 17.3 Å². The average Bonchev–Trinajstić information content (AvgIpc) is 2.82. The van der Waals surface area contributed by atoms with Crippen molar-refractivity contribution < 1.29 is 13.9 Å². The summed E-state index contributed by atoms with van der Waals surface area (Å²) in [6, 6.07) is 15.1. The van der Waals surface area contributed by atoms with Gasteiger partial charge in [-0.15, -0.1) is 0 Å². The summed E-state index contributed by atoms with van der Waals surface area (Å²) in [5.41, 5.74) is 6.45. The number of rotatable bonds is 6. The molecule has 0 fully saturated rings. The van der Waals surface area contributed by atoms with Gasteiger partial charge in [0.1, 0.15) is 10.8 Å². The monoisotopic (exact) mass is 498 g/mol. The minimum absolute atomic E-state index is 0.0493. The highest BCUT2D eigenvalue weighted by Crippen LogP contribution is 2.33. The number of halogens is 3. The number of nitrogens with two attached hydrogens (primary N) is 1. The van der Waals surface area contributed by atoms with Crippen molar-refractivity contribution in [3.63, 3.8) is 0 Å². The molecule has 10 heteroatoms. The third kappa shape index (κ3) is 5.19. The maximum atomic E-state index is 14.8. The average molecular weight is 499 g/mol. The van der Waals surface area contributed by atoms with Gasteiger partial charge in [0.25, 0.3) is 11.5 Å². The van der Waals surface area contributed by atoms with Gasteiger partial charge in [-0.25, -0.2) is 9.37 Å². The largest absolute Gasteiger partial charge is 0.453 e. The maximum absolute atomic E-state index is 14.8. The Morgan fingerprint density at radius 3 is 2.68 bits per heavy atom. The van der Waals surface area contributed by atoms with Crippen molar-refractivity contribution in [3.05, 3.63) is 110 Å². The second kappa shape index (κ2) is 9.94. The number of nitrogens with one attached hydrogen (secondary N) is 1. The van der Waals surface area contributed by atoms with Crippen molar-refractivity contribution in [2.75, 3.05) is 5.73 Å². The molecule has 0 saturated carbocycles. The molecule has 0 aliphatic carbocycles. The lowest BCUT2D eigenvalue weighted by Gasteiger charge is -2.12. The lowest BCUT2D eigenvalue weighted by molar-refractivity contribution is 0.0950. The van der Waals surface area contributed by atoms with Crippen LogP contribution in [-0.2, 0) is 6.54 Å². The molecule has 3 N–H and O–H groups in total. The predicted octanol–water partition coefficient (Wildman–Crippen LogP) is 4.98. The number of nitrogens with zero attached hydrogens (tertiary/aromatic N) is 2. The Balaban J connectivity index is 1.55. The Hall–Kier alpha value is -3.88. The summed E-state index contributed by atoms with van der Waals surface area (Å²) in [6.07, 6.45) is 2.72. The van der Waals surface area contributed by atoms with Crippen LogP contribution in [0.5, 0.6) is 11.5 Å². The summed E-state index contributed by atoms with van der Waals surface area (Å²) in [5, 5.41) is 3.38. The molecule has 2 aromatic carbocycles. The first-order valence-corrected chi connectivity index (χ1v) is 10.7. The molecule has 172 valence electrons. The molecule has 0 aliphatic heterocycles. The number of benzene rings is 2. The van der Waals surface area contributed by atoms with Crippen LogP contribution in [-0.4, -0.2) is 15.5 Å². The van der Waals surface area contributed by atoms with Crippen LogP contribution in [0.1, 0.15) is 15.9 Å². The fourth-order valence-electron chi connectivity index (χ4n) is 3.12. The van der Waals surface area contributed by atoms with Crippen LogP contribution in [0.25, 0.3) is 5.69 Å². The van der Waals surface area contributed by atoms with E-state index in [1.807, 2.05) is 6.07 Å². The van der Waals surface area contributed by atoms with Crippen molar-refractivity contribution in [1.29, 1.82) is 0 Å². The topological polar surface area (TPSA) is 99.2 Å². The summed E-state index contributed by atoms with van der Waals surface area (Å²) in [4.78, 5) is 28.8. The van der Waals surface area contributed by atoms with Crippen LogP contribution < -0.4 is 21.3 Å². The number of carbonyl (C=O) groups is 1. The number of hydrogen-bond donors (Lipinski definition) is 2. The Morgan fingerprint density at radius 1 is 1.09 bits per heavy atom. The number of hydrogen-bond acceptors (Lipinski definition) is 5. The van der Waals surface area contributed by atoms with E-state index in [1.54, 1.807) is 18.2 Å². The van der Waals surface area contributed by atoms with Crippen LogP contribution in [0.15, 0.2) is 77.9 Å². The Labute approximate surface area is 203 Å². The van der Waals surface area contributed by atoms with Crippen molar-refractivity contribution in [1.82, 2.24) is 14.9 Å². The molecule has 0 spiro atoms. The fraction of sp³-hybridized carbons (Fsp3) is 0.0417. The Kier molecular flexibility index (Phi) is 6.81. The van der Waals surface area contributed by atoms with Gasteiger partial charge in [-0.05, 0) is 35.9 Å². The number of nitrogen functional groups attached to an aromatic ring is 1. The van der Waals surface area contributed by atoms with Crippen LogP contribution in [0.2, 0.25) is 10.0 Å². The first-order valence-electron chi connectivity index (χ1n) is 9.95. The molecule has 0 saturated heterocycles. The molecular formula is C24H17Cl2FN4O3. The highest BCUT2D eigenvalue weighted by atomic mass is 35.5. The maximum Gasteiger partial charge on any atom is 0.255 e. The number of ether oxygens (including phenoxy) is 1. The van der Waals surface area contributed by atoms with Gasteiger partial charge in [-0.3, -0.25) is 14.2 Å². The summed E-state index contributed by atoms with van der Waals surface area (Å²) >= 11 is 12.0. The van der Waals surface area contributed by atoms with Crippen LogP contribution in [0, 0.1) is 5.82 Å². The van der Waals surface area contributed by atoms with Crippen LogP contribution in [0.3, 0.4) is 0 Å². The molecule has 4 aromatic rings. The van der Waals surface area contributed by atoms with E-state index in [4.69, 9.17) is 33.7 Å². The van der Waals surface area contributed by atoms with E-state index in [1.165, 1.54) is 47.3 Å². The minimum Gasteiger partial charge on any atom is -0.453 e. The van der Waals surface area contributed by atoms with Crippen molar-refractivity contribution in [3.8, 4) is 17.2 Å². The molecule has 2 aromatic heterocycles.